The van der Waals surface area contributed by atoms with Crippen molar-refractivity contribution in [3.63, 3.8) is 0 Å². The Kier molecular flexibility index (Phi) is 2.85. The van der Waals surface area contributed by atoms with Crippen LogP contribution in [0.5, 0.6) is 0 Å². The molecule has 94 valence electrons. The molecule has 2 aromatic carbocycles. The Bertz CT molecular complexity index is 766. The Labute approximate surface area is 109 Å². The fraction of sp³-hybridized carbons (Fsp3) is 0.0667. The van der Waals surface area contributed by atoms with Gasteiger partial charge >= 0.3 is 0 Å². The lowest BCUT2D eigenvalue weighted by atomic mass is 10.1. The summed E-state index contributed by atoms with van der Waals surface area (Å²) in [6.45, 7) is 0. The average molecular weight is 252 g/mol. The molecule has 2 N–H and O–H groups in total. The first kappa shape index (κ1) is 11.6. The molecular weight excluding hydrogens is 240 g/mol. The van der Waals surface area contributed by atoms with E-state index in [0.29, 0.717) is 16.5 Å². The van der Waals surface area contributed by atoms with E-state index >= 15 is 0 Å². The number of aliphatic hydroxyl groups excluding tert-OH is 1. The minimum Gasteiger partial charge on any atom is -0.380 e. The maximum Gasteiger partial charge on any atom is 0.258 e. The second-order valence-electron chi connectivity index (χ2n) is 4.28. The number of aromatic amines is 1. The third-order valence-electron chi connectivity index (χ3n) is 3.01. The summed E-state index contributed by atoms with van der Waals surface area (Å²) in [6, 6.07) is 16.2. The summed E-state index contributed by atoms with van der Waals surface area (Å²) in [7, 11) is 0. The van der Waals surface area contributed by atoms with Crippen molar-refractivity contribution in [1.82, 2.24) is 9.97 Å². The molecule has 0 unspecified atom stereocenters. The van der Waals surface area contributed by atoms with Gasteiger partial charge in [-0.05, 0) is 17.7 Å². The van der Waals surface area contributed by atoms with Gasteiger partial charge in [0.1, 0.15) is 11.9 Å². The Hall–Kier alpha value is -2.46. The van der Waals surface area contributed by atoms with Gasteiger partial charge in [0.25, 0.3) is 5.56 Å². The second-order valence-corrected chi connectivity index (χ2v) is 4.28. The Morgan fingerprint density at radius 3 is 2.47 bits per heavy atom. The van der Waals surface area contributed by atoms with Crippen LogP contribution in [0.3, 0.4) is 0 Å². The third-order valence-corrected chi connectivity index (χ3v) is 3.01. The van der Waals surface area contributed by atoms with Crippen LogP contribution in [0.25, 0.3) is 10.9 Å². The first-order chi connectivity index (χ1) is 9.25. The van der Waals surface area contributed by atoms with E-state index in [-0.39, 0.29) is 11.4 Å². The van der Waals surface area contributed by atoms with Gasteiger partial charge in [0, 0.05) is 0 Å². The summed E-state index contributed by atoms with van der Waals surface area (Å²) in [5.74, 6) is 0.259. The van der Waals surface area contributed by atoms with E-state index in [4.69, 9.17) is 0 Å². The lowest BCUT2D eigenvalue weighted by molar-refractivity contribution is 0.210. The quantitative estimate of drug-likeness (QED) is 0.733. The lowest BCUT2D eigenvalue weighted by Crippen LogP contribution is -2.15. The molecule has 0 aliphatic carbocycles. The highest BCUT2D eigenvalue weighted by Crippen LogP contribution is 2.18. The first-order valence-corrected chi connectivity index (χ1v) is 5.97. The number of hydrogen-bond donors (Lipinski definition) is 2. The third kappa shape index (κ3) is 2.13. The van der Waals surface area contributed by atoms with Gasteiger partial charge in [-0.3, -0.25) is 4.79 Å². The summed E-state index contributed by atoms with van der Waals surface area (Å²) in [5.41, 5.74) is 1.03. The van der Waals surface area contributed by atoms with Crippen molar-refractivity contribution in [3.05, 3.63) is 76.3 Å². The molecule has 4 heteroatoms. The molecule has 3 rings (SSSR count). The van der Waals surface area contributed by atoms with E-state index < -0.39 is 6.10 Å². The molecule has 19 heavy (non-hydrogen) atoms. The summed E-state index contributed by atoms with van der Waals surface area (Å²) < 4.78 is 0. The van der Waals surface area contributed by atoms with Gasteiger partial charge in [0.15, 0.2) is 0 Å². The predicted octanol–water partition coefficient (Wildman–Crippen LogP) is 2.00. The zero-order valence-corrected chi connectivity index (χ0v) is 10.1. The van der Waals surface area contributed by atoms with E-state index in [0.717, 1.165) is 0 Å². The number of benzene rings is 2. The minimum atomic E-state index is -0.932. The number of aliphatic hydroxyl groups is 1. The van der Waals surface area contributed by atoms with Gasteiger partial charge < -0.3 is 10.1 Å². The molecule has 0 spiro atoms. The largest absolute Gasteiger partial charge is 0.380 e. The van der Waals surface area contributed by atoms with Crippen LogP contribution in [-0.2, 0) is 0 Å². The number of nitrogens with zero attached hydrogens (tertiary/aromatic N) is 1. The van der Waals surface area contributed by atoms with E-state index in [1.807, 2.05) is 24.3 Å². The maximum absolute atomic E-state index is 11.9. The molecule has 0 fully saturated rings. The topological polar surface area (TPSA) is 66.0 Å². The summed E-state index contributed by atoms with van der Waals surface area (Å²) in [5, 5.41) is 10.8. The molecule has 3 aromatic rings. The molecule has 4 nitrogen and oxygen atoms in total. The van der Waals surface area contributed by atoms with Crippen molar-refractivity contribution in [2.45, 2.75) is 6.10 Å². The van der Waals surface area contributed by atoms with Crippen LogP contribution in [0.4, 0.5) is 0 Å². The number of para-hydroxylation sites is 1. The Morgan fingerprint density at radius 1 is 1.00 bits per heavy atom. The minimum absolute atomic E-state index is 0.240. The highest BCUT2D eigenvalue weighted by atomic mass is 16.3. The highest BCUT2D eigenvalue weighted by Gasteiger charge is 2.14. The van der Waals surface area contributed by atoms with Crippen LogP contribution in [0, 0.1) is 0 Å². The van der Waals surface area contributed by atoms with Gasteiger partial charge in [-0.25, -0.2) is 4.98 Å². The van der Waals surface area contributed by atoms with Crippen LogP contribution in [0.2, 0.25) is 0 Å². The van der Waals surface area contributed by atoms with Gasteiger partial charge in [-0.1, -0.05) is 42.5 Å². The molecule has 0 aliphatic heterocycles. The molecule has 0 aliphatic rings. The summed E-state index contributed by atoms with van der Waals surface area (Å²) >= 11 is 0. The van der Waals surface area contributed by atoms with E-state index in [9.17, 15) is 9.90 Å². The molecule has 1 atom stereocenters. The van der Waals surface area contributed by atoms with Crippen molar-refractivity contribution in [1.29, 1.82) is 0 Å². The summed E-state index contributed by atoms with van der Waals surface area (Å²) in [6.07, 6.45) is -0.932. The number of hydrogen-bond acceptors (Lipinski definition) is 3. The highest BCUT2D eigenvalue weighted by molar-refractivity contribution is 5.77. The monoisotopic (exact) mass is 252 g/mol. The number of H-pyrrole nitrogens is 1. The molecule has 0 saturated carbocycles. The molecule has 0 radical (unpaired) electrons. The molecule has 0 bridgehead atoms. The van der Waals surface area contributed by atoms with Crippen LogP contribution in [-0.4, -0.2) is 15.1 Å². The zero-order chi connectivity index (χ0) is 13.2. The van der Waals surface area contributed by atoms with Crippen molar-refractivity contribution >= 4 is 10.9 Å². The average Bonchev–Trinajstić information content (AvgIpc) is 2.47. The van der Waals surface area contributed by atoms with Gasteiger partial charge in [0.2, 0.25) is 0 Å². The van der Waals surface area contributed by atoms with Gasteiger partial charge in [-0.2, -0.15) is 0 Å². The van der Waals surface area contributed by atoms with Crippen LogP contribution >= 0.6 is 0 Å². The van der Waals surface area contributed by atoms with E-state index in [1.54, 1.807) is 30.3 Å². The number of nitrogens with one attached hydrogen (secondary N) is 1. The van der Waals surface area contributed by atoms with Crippen molar-refractivity contribution in [2.24, 2.45) is 0 Å². The standard InChI is InChI=1S/C15H12N2O2/c18-13(10-6-2-1-3-7-10)14-16-12-9-5-4-8-11(12)15(19)17-14/h1-9,13,18H,(H,16,17,19)/t13-/m0/s1. The van der Waals surface area contributed by atoms with Gasteiger partial charge in [-0.15, -0.1) is 0 Å². The molecule has 1 aromatic heterocycles. The summed E-state index contributed by atoms with van der Waals surface area (Å²) in [4.78, 5) is 18.9. The van der Waals surface area contributed by atoms with Crippen molar-refractivity contribution < 1.29 is 5.11 Å². The van der Waals surface area contributed by atoms with Gasteiger partial charge in [0.05, 0.1) is 10.9 Å². The van der Waals surface area contributed by atoms with E-state index in [1.165, 1.54) is 0 Å². The van der Waals surface area contributed by atoms with Crippen molar-refractivity contribution in [3.8, 4) is 0 Å². The molecule has 0 saturated heterocycles. The Balaban J connectivity index is 2.14. The number of rotatable bonds is 2. The SMILES string of the molecule is O=c1[nH]c([C@@H](O)c2ccccc2)nc2ccccc12. The fourth-order valence-electron chi connectivity index (χ4n) is 2.03. The molecule has 0 amide bonds. The first-order valence-electron chi connectivity index (χ1n) is 5.97. The Morgan fingerprint density at radius 2 is 1.68 bits per heavy atom. The number of fused-ring (bicyclic) bond motifs is 1. The second kappa shape index (κ2) is 4.66. The lowest BCUT2D eigenvalue weighted by Gasteiger charge is -2.10. The molecule has 1 heterocycles. The molecular formula is C15H12N2O2. The fourth-order valence-corrected chi connectivity index (χ4v) is 2.03. The predicted molar refractivity (Wildman–Crippen MR) is 72.9 cm³/mol. The van der Waals surface area contributed by atoms with E-state index in [2.05, 4.69) is 9.97 Å². The van der Waals surface area contributed by atoms with Crippen LogP contribution in [0.1, 0.15) is 17.5 Å². The van der Waals surface area contributed by atoms with Crippen LogP contribution < -0.4 is 5.56 Å². The zero-order valence-electron chi connectivity index (χ0n) is 10.1. The van der Waals surface area contributed by atoms with Crippen LogP contribution in [0.15, 0.2) is 59.4 Å². The number of aromatic nitrogens is 2. The smallest absolute Gasteiger partial charge is 0.258 e. The maximum atomic E-state index is 11.9. The normalized spacial score (nSPS) is 12.5. The van der Waals surface area contributed by atoms with Crippen molar-refractivity contribution in [2.75, 3.05) is 0 Å².